The number of carbonyl (C=O) groups is 2. The Labute approximate surface area is 224 Å². The first-order chi connectivity index (χ1) is 18.3. The van der Waals surface area contributed by atoms with Crippen LogP contribution >= 0.6 is 11.6 Å². The Balaban J connectivity index is 1.78. The van der Waals surface area contributed by atoms with Gasteiger partial charge < -0.3 is 10.4 Å². The molecule has 4 aromatic rings. The van der Waals surface area contributed by atoms with Gasteiger partial charge in [0.15, 0.2) is 11.6 Å². The molecule has 4 rings (SSSR count). The van der Waals surface area contributed by atoms with Gasteiger partial charge in [-0.05, 0) is 65.4 Å². The maximum Gasteiger partial charge on any atom is 0.305 e. The molecule has 0 aliphatic heterocycles. The van der Waals surface area contributed by atoms with Crippen molar-refractivity contribution in [3.8, 4) is 0 Å². The second-order valence-corrected chi connectivity index (χ2v) is 9.57. The summed E-state index contributed by atoms with van der Waals surface area (Å²) in [4.78, 5) is 27.5. The summed E-state index contributed by atoms with van der Waals surface area (Å²) in [6.07, 6.45) is 3.09. The summed E-state index contributed by atoms with van der Waals surface area (Å²) >= 11 is 6.18. The molecule has 196 valence electrons. The van der Waals surface area contributed by atoms with Gasteiger partial charge in [-0.25, -0.2) is 8.78 Å². The van der Waals surface area contributed by atoms with E-state index < -0.39 is 17.6 Å². The van der Waals surface area contributed by atoms with Gasteiger partial charge in [-0.1, -0.05) is 49.2 Å². The number of rotatable bonds is 10. The van der Waals surface area contributed by atoms with Crippen LogP contribution in [-0.2, 0) is 4.79 Å². The molecule has 3 aromatic carbocycles. The predicted octanol–water partition coefficient (Wildman–Crippen LogP) is 7.09. The molecule has 1 aromatic heterocycles. The number of nitrogens with one attached hydrogen (secondary N) is 1. The van der Waals surface area contributed by atoms with E-state index in [1.807, 2.05) is 30.3 Å². The van der Waals surface area contributed by atoms with Crippen molar-refractivity contribution >= 4 is 34.4 Å². The van der Waals surface area contributed by atoms with E-state index in [1.54, 1.807) is 30.5 Å². The molecule has 38 heavy (non-hydrogen) atoms. The predicted molar refractivity (Wildman–Crippen MR) is 144 cm³/mol. The Morgan fingerprint density at radius 2 is 1.63 bits per heavy atom. The van der Waals surface area contributed by atoms with E-state index in [0.717, 1.165) is 35.6 Å². The van der Waals surface area contributed by atoms with E-state index in [4.69, 9.17) is 16.7 Å². The summed E-state index contributed by atoms with van der Waals surface area (Å²) < 4.78 is 28.4. The summed E-state index contributed by atoms with van der Waals surface area (Å²) in [7, 11) is 0. The number of hydrogen-bond donors (Lipinski definition) is 2. The van der Waals surface area contributed by atoms with Crippen molar-refractivity contribution in [2.75, 3.05) is 6.54 Å². The van der Waals surface area contributed by atoms with Gasteiger partial charge in [0.05, 0.1) is 11.9 Å². The summed E-state index contributed by atoms with van der Waals surface area (Å²) in [5, 5.41) is 12.5. The molecule has 2 N–H and O–H groups in total. The van der Waals surface area contributed by atoms with Gasteiger partial charge in [-0.3, -0.25) is 14.6 Å². The van der Waals surface area contributed by atoms with E-state index >= 15 is 0 Å². The Morgan fingerprint density at radius 1 is 0.974 bits per heavy atom. The van der Waals surface area contributed by atoms with Gasteiger partial charge >= 0.3 is 5.97 Å². The van der Waals surface area contributed by atoms with Crippen LogP contribution in [-0.4, -0.2) is 28.5 Å². The van der Waals surface area contributed by atoms with Crippen molar-refractivity contribution in [1.82, 2.24) is 10.3 Å². The fourth-order valence-electron chi connectivity index (χ4n) is 4.84. The summed E-state index contributed by atoms with van der Waals surface area (Å²) in [6, 6.07) is 18.8. The highest BCUT2D eigenvalue weighted by Crippen LogP contribution is 2.44. The monoisotopic (exact) mass is 536 g/mol. The van der Waals surface area contributed by atoms with Gasteiger partial charge in [0.2, 0.25) is 0 Å². The van der Waals surface area contributed by atoms with Crippen LogP contribution in [0.1, 0.15) is 65.1 Å². The molecule has 0 fully saturated rings. The first-order valence-corrected chi connectivity index (χ1v) is 12.7. The summed E-state index contributed by atoms with van der Waals surface area (Å²) in [6.45, 7) is 2.12. The number of halogens is 3. The third-order valence-corrected chi connectivity index (χ3v) is 6.86. The largest absolute Gasteiger partial charge is 0.481 e. The Morgan fingerprint density at radius 3 is 2.29 bits per heavy atom. The summed E-state index contributed by atoms with van der Waals surface area (Å²) in [5.74, 6) is -3.53. The molecular weight excluding hydrogens is 510 g/mol. The molecule has 0 saturated heterocycles. The van der Waals surface area contributed by atoms with Crippen LogP contribution in [0, 0.1) is 11.6 Å². The van der Waals surface area contributed by atoms with Gasteiger partial charge in [-0.2, -0.15) is 0 Å². The van der Waals surface area contributed by atoms with Crippen molar-refractivity contribution in [2.24, 2.45) is 0 Å². The fourth-order valence-corrected chi connectivity index (χ4v) is 4.96. The Kier molecular flexibility index (Phi) is 8.69. The van der Waals surface area contributed by atoms with Crippen LogP contribution in [0.15, 0.2) is 72.9 Å². The highest BCUT2D eigenvalue weighted by atomic mass is 35.5. The van der Waals surface area contributed by atoms with Gasteiger partial charge in [0.1, 0.15) is 0 Å². The van der Waals surface area contributed by atoms with Gasteiger partial charge in [0.25, 0.3) is 5.91 Å². The molecule has 0 radical (unpaired) electrons. The number of aliphatic carboxylic acids is 1. The quantitative estimate of drug-likeness (QED) is 0.227. The van der Waals surface area contributed by atoms with Crippen LogP contribution in [0.25, 0.3) is 10.9 Å². The maximum absolute atomic E-state index is 14.4. The van der Waals surface area contributed by atoms with Crippen molar-refractivity contribution in [3.05, 3.63) is 112 Å². The van der Waals surface area contributed by atoms with Crippen LogP contribution < -0.4 is 5.32 Å². The first kappa shape index (κ1) is 27.2. The van der Waals surface area contributed by atoms with E-state index in [0.29, 0.717) is 21.5 Å². The van der Waals surface area contributed by atoms with E-state index in [9.17, 15) is 18.4 Å². The van der Waals surface area contributed by atoms with Crippen molar-refractivity contribution in [3.63, 3.8) is 0 Å². The fraction of sp³-hybridized carbons (Fsp3) is 0.233. The number of amides is 1. The molecule has 1 amide bonds. The second kappa shape index (κ2) is 12.1. The van der Waals surface area contributed by atoms with Crippen LogP contribution in [0.2, 0.25) is 5.02 Å². The Hall–Kier alpha value is -3.84. The highest BCUT2D eigenvalue weighted by Gasteiger charge is 2.28. The number of pyridine rings is 1. The van der Waals surface area contributed by atoms with E-state index in [2.05, 4.69) is 17.2 Å². The number of hydrogen-bond acceptors (Lipinski definition) is 3. The zero-order chi connectivity index (χ0) is 27.2. The minimum Gasteiger partial charge on any atom is -0.481 e. The molecule has 2 unspecified atom stereocenters. The van der Waals surface area contributed by atoms with Crippen molar-refractivity contribution in [2.45, 2.75) is 38.0 Å². The number of benzene rings is 3. The van der Waals surface area contributed by atoms with E-state index in [1.165, 1.54) is 6.07 Å². The third-order valence-electron chi connectivity index (χ3n) is 6.61. The normalized spacial score (nSPS) is 12.7. The molecule has 2 atom stereocenters. The number of carboxylic acids is 1. The Bertz CT molecular complexity index is 1440. The molecule has 0 aliphatic carbocycles. The lowest BCUT2D eigenvalue weighted by Gasteiger charge is -2.30. The van der Waals surface area contributed by atoms with Crippen LogP contribution in [0.5, 0.6) is 0 Å². The molecule has 0 spiro atoms. The zero-order valence-electron chi connectivity index (χ0n) is 20.8. The smallest absolute Gasteiger partial charge is 0.305 e. The number of carbonyl (C=O) groups excluding carboxylic acids is 1. The second-order valence-electron chi connectivity index (χ2n) is 9.13. The van der Waals surface area contributed by atoms with Gasteiger partial charge in [-0.15, -0.1) is 0 Å². The lowest BCUT2D eigenvalue weighted by Crippen LogP contribution is -2.26. The molecule has 1 heterocycles. The number of aromatic nitrogens is 1. The average molecular weight is 537 g/mol. The van der Waals surface area contributed by atoms with Crippen LogP contribution in [0.3, 0.4) is 0 Å². The number of carboxylic acid groups (broad SMARTS) is 1. The average Bonchev–Trinajstić information content (AvgIpc) is 2.90. The molecule has 8 heteroatoms. The third kappa shape index (κ3) is 6.17. The molecule has 0 bridgehead atoms. The molecule has 5 nitrogen and oxygen atoms in total. The highest BCUT2D eigenvalue weighted by molar-refractivity contribution is 6.30. The molecule has 0 aliphatic rings. The number of fused-ring (bicyclic) bond motifs is 1. The minimum atomic E-state index is -0.984. The van der Waals surface area contributed by atoms with E-state index in [-0.39, 0.29) is 30.7 Å². The topological polar surface area (TPSA) is 79.3 Å². The minimum absolute atomic E-state index is 0.0410. The zero-order valence-corrected chi connectivity index (χ0v) is 21.5. The standard InChI is InChI=1S/C30H27ClF2N2O3/c1-2-3-22(18-4-6-20(7-5-18)30(38)35-15-13-28(36)37)29(19-8-10-21(31)11-9-19)23-12-14-34-27-17-26(33)25(32)16-24(23)27/h4-12,14,16-17,22,29H,2-3,13,15H2,1H3,(H,35,38)(H,36,37). The number of nitrogens with zero attached hydrogens (tertiary/aromatic N) is 1. The maximum atomic E-state index is 14.4. The van der Waals surface area contributed by atoms with Crippen LogP contribution in [0.4, 0.5) is 8.78 Å². The summed E-state index contributed by atoms with van der Waals surface area (Å²) in [5.41, 5.74) is 3.53. The van der Waals surface area contributed by atoms with Crippen molar-refractivity contribution in [1.29, 1.82) is 0 Å². The lowest BCUT2D eigenvalue weighted by atomic mass is 9.74. The van der Waals surface area contributed by atoms with Gasteiger partial charge in [0, 0.05) is 40.7 Å². The van der Waals surface area contributed by atoms with Crippen molar-refractivity contribution < 1.29 is 23.5 Å². The SMILES string of the molecule is CCCC(c1ccc(C(=O)NCCC(=O)O)cc1)C(c1ccc(Cl)cc1)c1ccnc2cc(F)c(F)cc12. The lowest BCUT2D eigenvalue weighted by molar-refractivity contribution is -0.136. The molecular formula is C30H27ClF2N2O3. The molecule has 0 saturated carbocycles. The first-order valence-electron chi connectivity index (χ1n) is 12.4.